The van der Waals surface area contributed by atoms with Gasteiger partial charge in [0.25, 0.3) is 5.91 Å². The monoisotopic (exact) mass is 443 g/mol. The van der Waals surface area contributed by atoms with Gasteiger partial charge in [0.15, 0.2) is 0 Å². The Labute approximate surface area is 183 Å². The number of carbonyl (C=O) groups excluding carboxylic acids is 1. The number of amides is 1. The summed E-state index contributed by atoms with van der Waals surface area (Å²) in [6.45, 7) is -0.0621. The SMILES string of the molecule is Cn1cc(C(NC(=O)c2ccccc2-c2ccc(C(F)(F)F)cc2)C2(CO)CCC2)cn1. The van der Waals surface area contributed by atoms with E-state index in [2.05, 4.69) is 10.4 Å². The Hall–Kier alpha value is -3.13. The zero-order valence-electron chi connectivity index (χ0n) is 17.6. The number of hydrogen-bond donors (Lipinski definition) is 2. The molecule has 3 aromatic rings. The lowest BCUT2D eigenvalue weighted by Gasteiger charge is -2.46. The van der Waals surface area contributed by atoms with Crippen LogP contribution >= 0.6 is 0 Å². The first-order valence-corrected chi connectivity index (χ1v) is 10.4. The van der Waals surface area contributed by atoms with Gasteiger partial charge in [-0.3, -0.25) is 9.48 Å². The molecule has 4 rings (SSSR count). The van der Waals surface area contributed by atoms with E-state index in [1.165, 1.54) is 12.1 Å². The highest BCUT2D eigenvalue weighted by molar-refractivity contribution is 6.01. The van der Waals surface area contributed by atoms with Crippen molar-refractivity contribution in [2.75, 3.05) is 6.61 Å². The van der Waals surface area contributed by atoms with Gasteiger partial charge < -0.3 is 10.4 Å². The molecule has 32 heavy (non-hydrogen) atoms. The fraction of sp³-hybridized carbons (Fsp3) is 0.333. The van der Waals surface area contributed by atoms with Crippen LogP contribution in [-0.2, 0) is 13.2 Å². The highest BCUT2D eigenvalue weighted by Crippen LogP contribution is 2.50. The van der Waals surface area contributed by atoms with Crippen molar-refractivity contribution < 1.29 is 23.1 Å². The number of alkyl halides is 3. The van der Waals surface area contributed by atoms with Crippen molar-refractivity contribution in [3.63, 3.8) is 0 Å². The second kappa shape index (κ2) is 8.43. The Morgan fingerprint density at radius 1 is 1.19 bits per heavy atom. The first kappa shape index (κ1) is 22.1. The highest BCUT2D eigenvalue weighted by atomic mass is 19.4. The van der Waals surface area contributed by atoms with Gasteiger partial charge in [-0.15, -0.1) is 0 Å². The minimum Gasteiger partial charge on any atom is -0.396 e. The number of carbonyl (C=O) groups is 1. The lowest BCUT2D eigenvalue weighted by molar-refractivity contribution is -0.137. The van der Waals surface area contributed by atoms with Crippen LogP contribution in [0.1, 0.15) is 46.8 Å². The van der Waals surface area contributed by atoms with E-state index in [1.807, 2.05) is 6.20 Å². The van der Waals surface area contributed by atoms with Crippen LogP contribution in [-0.4, -0.2) is 27.4 Å². The van der Waals surface area contributed by atoms with Gasteiger partial charge in [0, 0.05) is 29.8 Å². The maximum absolute atomic E-state index is 13.4. The Morgan fingerprint density at radius 3 is 2.41 bits per heavy atom. The molecular formula is C24H24F3N3O2. The van der Waals surface area contributed by atoms with E-state index in [9.17, 15) is 23.1 Å². The molecule has 1 amide bonds. The van der Waals surface area contributed by atoms with Gasteiger partial charge in [0.2, 0.25) is 0 Å². The zero-order valence-corrected chi connectivity index (χ0v) is 17.6. The predicted octanol–water partition coefficient (Wildman–Crippen LogP) is 4.74. The number of halogens is 3. The van der Waals surface area contributed by atoms with Crippen molar-refractivity contribution in [1.29, 1.82) is 0 Å². The van der Waals surface area contributed by atoms with E-state index >= 15 is 0 Å². The van der Waals surface area contributed by atoms with Crippen LogP contribution in [0.15, 0.2) is 60.9 Å². The van der Waals surface area contributed by atoms with E-state index in [-0.39, 0.29) is 12.5 Å². The lowest BCUT2D eigenvalue weighted by Crippen LogP contribution is -2.47. The summed E-state index contributed by atoms with van der Waals surface area (Å²) in [6.07, 6.45) is 1.61. The van der Waals surface area contributed by atoms with Gasteiger partial charge in [-0.25, -0.2) is 0 Å². The molecule has 1 fully saturated rings. The van der Waals surface area contributed by atoms with Crippen LogP contribution in [0.5, 0.6) is 0 Å². The number of aliphatic hydroxyl groups excluding tert-OH is 1. The summed E-state index contributed by atoms with van der Waals surface area (Å²) < 4.78 is 40.4. The summed E-state index contributed by atoms with van der Waals surface area (Å²) in [4.78, 5) is 13.4. The highest BCUT2D eigenvalue weighted by Gasteiger charge is 2.45. The van der Waals surface area contributed by atoms with Gasteiger partial charge in [0.05, 0.1) is 24.4 Å². The maximum atomic E-state index is 13.4. The minimum atomic E-state index is -4.42. The molecule has 1 heterocycles. The Bertz CT molecular complexity index is 1100. The number of benzene rings is 2. The largest absolute Gasteiger partial charge is 0.416 e. The first-order valence-electron chi connectivity index (χ1n) is 10.4. The van der Waals surface area contributed by atoms with Gasteiger partial charge in [0.1, 0.15) is 0 Å². The number of nitrogens with zero attached hydrogens (tertiary/aromatic N) is 2. The van der Waals surface area contributed by atoms with Crippen LogP contribution < -0.4 is 5.32 Å². The number of nitrogens with one attached hydrogen (secondary N) is 1. The summed E-state index contributed by atoms with van der Waals surface area (Å²) in [6, 6.07) is 11.1. The van der Waals surface area contributed by atoms with E-state index in [0.29, 0.717) is 16.7 Å². The number of aromatic nitrogens is 2. The fourth-order valence-electron chi connectivity index (χ4n) is 4.33. The number of aliphatic hydroxyl groups is 1. The van der Waals surface area contributed by atoms with Crippen molar-refractivity contribution >= 4 is 5.91 Å². The molecular weight excluding hydrogens is 419 g/mol. The molecule has 1 saturated carbocycles. The van der Waals surface area contributed by atoms with Crippen LogP contribution in [0.4, 0.5) is 13.2 Å². The molecule has 1 atom stereocenters. The van der Waals surface area contributed by atoms with Gasteiger partial charge in [-0.2, -0.15) is 18.3 Å². The Morgan fingerprint density at radius 2 is 1.88 bits per heavy atom. The molecule has 5 nitrogen and oxygen atoms in total. The summed E-state index contributed by atoms with van der Waals surface area (Å²) >= 11 is 0. The van der Waals surface area contributed by atoms with Crippen LogP contribution in [0, 0.1) is 5.41 Å². The fourth-order valence-corrected chi connectivity index (χ4v) is 4.33. The summed E-state index contributed by atoms with van der Waals surface area (Å²) in [5.74, 6) is -0.353. The van der Waals surface area contributed by atoms with Gasteiger partial charge in [-0.1, -0.05) is 36.8 Å². The van der Waals surface area contributed by atoms with Crippen LogP contribution in [0.2, 0.25) is 0 Å². The number of hydrogen-bond acceptors (Lipinski definition) is 3. The van der Waals surface area contributed by atoms with Crippen molar-refractivity contribution in [1.82, 2.24) is 15.1 Å². The number of rotatable bonds is 6. The van der Waals surface area contributed by atoms with E-state index in [4.69, 9.17) is 0 Å². The molecule has 8 heteroatoms. The molecule has 1 unspecified atom stereocenters. The van der Waals surface area contributed by atoms with Gasteiger partial charge in [-0.05, 0) is 42.2 Å². The third-order valence-corrected chi connectivity index (χ3v) is 6.31. The first-order chi connectivity index (χ1) is 15.2. The Balaban J connectivity index is 1.66. The Kier molecular flexibility index (Phi) is 5.81. The molecule has 0 radical (unpaired) electrons. The second-order valence-corrected chi connectivity index (χ2v) is 8.35. The van der Waals surface area contributed by atoms with Crippen molar-refractivity contribution in [2.45, 2.75) is 31.5 Å². The van der Waals surface area contributed by atoms with E-state index in [0.717, 1.165) is 37.0 Å². The van der Waals surface area contributed by atoms with E-state index in [1.54, 1.807) is 42.2 Å². The van der Waals surface area contributed by atoms with Crippen molar-refractivity contribution in [2.24, 2.45) is 12.5 Å². The number of aryl methyl sites for hydroxylation is 1. The molecule has 0 spiro atoms. The standard InChI is InChI=1S/C24H24F3N3O2/c1-30-14-17(13-28-30)21(23(15-31)11-4-12-23)29-22(32)20-6-3-2-5-19(20)16-7-9-18(10-8-16)24(25,26)27/h2-3,5-10,13-14,21,31H,4,11-12,15H2,1H3,(H,29,32). The summed E-state index contributed by atoms with van der Waals surface area (Å²) in [5, 5.41) is 17.4. The van der Waals surface area contributed by atoms with Crippen molar-refractivity contribution in [3.05, 3.63) is 77.6 Å². The molecule has 1 aromatic heterocycles. The minimum absolute atomic E-state index is 0.0621. The molecule has 1 aliphatic rings. The average molecular weight is 443 g/mol. The maximum Gasteiger partial charge on any atom is 0.416 e. The average Bonchev–Trinajstić information content (AvgIpc) is 3.18. The van der Waals surface area contributed by atoms with E-state index < -0.39 is 23.2 Å². The lowest BCUT2D eigenvalue weighted by atomic mass is 9.63. The summed E-state index contributed by atoms with van der Waals surface area (Å²) in [7, 11) is 1.79. The molecule has 2 N–H and O–H groups in total. The molecule has 1 aliphatic carbocycles. The zero-order chi connectivity index (χ0) is 22.9. The molecule has 0 bridgehead atoms. The van der Waals surface area contributed by atoms with Crippen molar-refractivity contribution in [3.8, 4) is 11.1 Å². The third kappa shape index (κ3) is 4.14. The molecule has 0 aliphatic heterocycles. The molecule has 0 saturated heterocycles. The molecule has 2 aromatic carbocycles. The predicted molar refractivity (Wildman–Crippen MR) is 114 cm³/mol. The second-order valence-electron chi connectivity index (χ2n) is 8.35. The van der Waals surface area contributed by atoms with Gasteiger partial charge >= 0.3 is 6.18 Å². The topological polar surface area (TPSA) is 67.2 Å². The normalized spacial score (nSPS) is 16.3. The van der Waals surface area contributed by atoms with Crippen LogP contribution in [0.25, 0.3) is 11.1 Å². The van der Waals surface area contributed by atoms with Crippen LogP contribution in [0.3, 0.4) is 0 Å². The third-order valence-electron chi connectivity index (χ3n) is 6.31. The summed E-state index contributed by atoms with van der Waals surface area (Å²) in [5.41, 5.74) is 1.02. The smallest absolute Gasteiger partial charge is 0.396 e. The molecule has 168 valence electrons. The quantitative estimate of drug-likeness (QED) is 0.578.